The Labute approximate surface area is 137 Å². The maximum atomic E-state index is 12.5. The first kappa shape index (κ1) is 15.8. The highest BCUT2D eigenvalue weighted by molar-refractivity contribution is 5.88. The van der Waals surface area contributed by atoms with E-state index in [1.165, 1.54) is 0 Å². The second-order valence-corrected chi connectivity index (χ2v) is 9.05. The van der Waals surface area contributed by atoms with Crippen molar-refractivity contribution in [3.63, 3.8) is 0 Å². The van der Waals surface area contributed by atoms with Gasteiger partial charge in [0.2, 0.25) is 0 Å². The molecule has 4 rings (SSSR count). The SMILES string of the molecule is CC12CCC(=O)CC1CCC1C2CC(O)C2(C)C(=O)CC(O)C12. The van der Waals surface area contributed by atoms with Gasteiger partial charge in [0.05, 0.1) is 17.6 Å². The van der Waals surface area contributed by atoms with E-state index < -0.39 is 17.6 Å². The number of fused-ring (bicyclic) bond motifs is 5. The zero-order valence-electron chi connectivity index (χ0n) is 14.1. The summed E-state index contributed by atoms with van der Waals surface area (Å²) in [7, 11) is 0. The lowest BCUT2D eigenvalue weighted by molar-refractivity contribution is -0.175. The van der Waals surface area contributed by atoms with Gasteiger partial charge in [-0.25, -0.2) is 0 Å². The van der Waals surface area contributed by atoms with E-state index in [0.29, 0.717) is 42.8 Å². The molecule has 8 atom stereocenters. The quantitative estimate of drug-likeness (QED) is 0.717. The predicted molar refractivity (Wildman–Crippen MR) is 84.5 cm³/mol. The Bertz CT molecular complexity index is 558. The number of aliphatic hydroxyl groups is 2. The second kappa shape index (κ2) is 4.89. The van der Waals surface area contributed by atoms with Gasteiger partial charge in [-0.1, -0.05) is 6.92 Å². The van der Waals surface area contributed by atoms with Gasteiger partial charge in [0, 0.05) is 25.2 Å². The van der Waals surface area contributed by atoms with Gasteiger partial charge in [0.15, 0.2) is 0 Å². The third kappa shape index (κ3) is 1.91. The number of hydrogen-bond acceptors (Lipinski definition) is 4. The van der Waals surface area contributed by atoms with Crippen LogP contribution in [0.25, 0.3) is 0 Å². The van der Waals surface area contributed by atoms with Crippen molar-refractivity contribution in [2.45, 2.75) is 71.0 Å². The molecular weight excluding hydrogens is 292 g/mol. The minimum Gasteiger partial charge on any atom is -0.392 e. The average Bonchev–Trinajstić information content (AvgIpc) is 2.73. The minimum atomic E-state index is -0.770. The van der Waals surface area contributed by atoms with Crippen LogP contribution >= 0.6 is 0 Å². The molecule has 2 N–H and O–H groups in total. The molecule has 0 amide bonds. The summed E-state index contributed by atoms with van der Waals surface area (Å²) in [6, 6.07) is 0. The number of carbonyl (C=O) groups is 2. The first-order chi connectivity index (χ1) is 10.8. The van der Waals surface area contributed by atoms with Crippen molar-refractivity contribution in [2.24, 2.45) is 34.5 Å². The fourth-order valence-electron chi connectivity index (χ4n) is 6.85. The van der Waals surface area contributed by atoms with Gasteiger partial charge in [0.25, 0.3) is 0 Å². The summed E-state index contributed by atoms with van der Waals surface area (Å²) in [4.78, 5) is 24.3. The van der Waals surface area contributed by atoms with Crippen molar-refractivity contribution in [3.05, 3.63) is 0 Å². The molecule has 4 aliphatic rings. The highest BCUT2D eigenvalue weighted by Gasteiger charge is 2.65. The van der Waals surface area contributed by atoms with Crippen LogP contribution in [0.3, 0.4) is 0 Å². The molecule has 0 spiro atoms. The van der Waals surface area contributed by atoms with E-state index in [9.17, 15) is 19.8 Å². The van der Waals surface area contributed by atoms with Crippen molar-refractivity contribution in [1.29, 1.82) is 0 Å². The lowest BCUT2D eigenvalue weighted by atomic mass is 9.44. The standard InChI is InChI=1S/C19H28O4/c1-18-6-5-11(20)7-10(18)3-4-12-13(18)8-15(22)19(2)16(23)9-14(21)17(12)19/h10,12-15,17,21-22H,3-9H2,1-2H3. The molecular formula is C19H28O4. The molecule has 0 saturated heterocycles. The van der Waals surface area contributed by atoms with Crippen LogP contribution in [0.2, 0.25) is 0 Å². The molecule has 4 heteroatoms. The summed E-state index contributed by atoms with van der Waals surface area (Å²) in [5.74, 6) is 1.34. The van der Waals surface area contributed by atoms with Crippen molar-refractivity contribution >= 4 is 11.6 Å². The van der Waals surface area contributed by atoms with Crippen LogP contribution in [0, 0.1) is 34.5 Å². The molecule has 0 aromatic rings. The molecule has 4 nitrogen and oxygen atoms in total. The van der Waals surface area contributed by atoms with Gasteiger partial charge < -0.3 is 10.2 Å². The van der Waals surface area contributed by atoms with Crippen LogP contribution in [-0.2, 0) is 9.59 Å². The van der Waals surface area contributed by atoms with Crippen LogP contribution < -0.4 is 0 Å². The van der Waals surface area contributed by atoms with Crippen LogP contribution in [0.4, 0.5) is 0 Å². The maximum Gasteiger partial charge on any atom is 0.144 e. The molecule has 4 aliphatic carbocycles. The lowest BCUT2D eigenvalue weighted by Gasteiger charge is -2.60. The molecule has 8 unspecified atom stereocenters. The van der Waals surface area contributed by atoms with Gasteiger partial charge in [-0.15, -0.1) is 0 Å². The fourth-order valence-corrected chi connectivity index (χ4v) is 6.85. The smallest absolute Gasteiger partial charge is 0.144 e. The molecule has 0 aromatic carbocycles. The normalized spacial score (nSPS) is 56.0. The van der Waals surface area contributed by atoms with E-state index >= 15 is 0 Å². The van der Waals surface area contributed by atoms with Gasteiger partial charge in [-0.05, 0) is 55.8 Å². The van der Waals surface area contributed by atoms with Crippen LogP contribution in [-0.4, -0.2) is 34.0 Å². The van der Waals surface area contributed by atoms with Gasteiger partial charge >= 0.3 is 0 Å². The Morgan fingerprint density at radius 3 is 2.57 bits per heavy atom. The van der Waals surface area contributed by atoms with E-state index in [2.05, 4.69) is 6.92 Å². The zero-order valence-corrected chi connectivity index (χ0v) is 14.1. The topological polar surface area (TPSA) is 74.6 Å². The number of ketones is 2. The largest absolute Gasteiger partial charge is 0.392 e. The maximum absolute atomic E-state index is 12.5. The molecule has 4 saturated carbocycles. The first-order valence-electron chi connectivity index (χ1n) is 9.19. The van der Waals surface area contributed by atoms with Crippen LogP contribution in [0.1, 0.15) is 58.8 Å². The molecule has 128 valence electrons. The third-order valence-electron chi connectivity index (χ3n) is 8.29. The van der Waals surface area contributed by atoms with E-state index in [1.54, 1.807) is 0 Å². The number of rotatable bonds is 0. The molecule has 0 bridgehead atoms. The van der Waals surface area contributed by atoms with Gasteiger partial charge in [-0.2, -0.15) is 0 Å². The summed E-state index contributed by atoms with van der Waals surface area (Å²) in [5.41, 5.74) is -0.696. The first-order valence-corrected chi connectivity index (χ1v) is 9.19. The predicted octanol–water partition coefficient (Wildman–Crippen LogP) is 2.11. The Kier molecular flexibility index (Phi) is 3.35. The Morgan fingerprint density at radius 1 is 1.09 bits per heavy atom. The Hall–Kier alpha value is -0.740. The van der Waals surface area contributed by atoms with E-state index in [0.717, 1.165) is 19.3 Å². The number of aliphatic hydroxyl groups excluding tert-OH is 2. The lowest BCUT2D eigenvalue weighted by Crippen LogP contribution is -2.59. The van der Waals surface area contributed by atoms with Crippen molar-refractivity contribution in [3.8, 4) is 0 Å². The van der Waals surface area contributed by atoms with Crippen molar-refractivity contribution in [2.75, 3.05) is 0 Å². The highest BCUT2D eigenvalue weighted by Crippen LogP contribution is 2.65. The number of Topliss-reactive ketones (excluding diaryl/α,β-unsaturated/α-hetero) is 2. The molecule has 0 aromatic heterocycles. The monoisotopic (exact) mass is 320 g/mol. The van der Waals surface area contributed by atoms with Crippen molar-refractivity contribution in [1.82, 2.24) is 0 Å². The van der Waals surface area contributed by atoms with Crippen LogP contribution in [0.15, 0.2) is 0 Å². The summed E-state index contributed by atoms with van der Waals surface area (Å²) in [6.07, 6.45) is 3.80. The average molecular weight is 320 g/mol. The van der Waals surface area contributed by atoms with E-state index in [1.807, 2.05) is 6.92 Å². The highest BCUT2D eigenvalue weighted by atomic mass is 16.3. The van der Waals surface area contributed by atoms with Gasteiger partial charge in [-0.3, -0.25) is 9.59 Å². The second-order valence-electron chi connectivity index (χ2n) is 9.05. The summed E-state index contributed by atoms with van der Waals surface area (Å²) in [6.45, 7) is 4.16. The zero-order chi connectivity index (χ0) is 16.6. The Balaban J connectivity index is 1.72. The van der Waals surface area contributed by atoms with Crippen LogP contribution in [0.5, 0.6) is 0 Å². The van der Waals surface area contributed by atoms with Crippen molar-refractivity contribution < 1.29 is 19.8 Å². The number of carbonyl (C=O) groups excluding carboxylic acids is 2. The molecule has 0 aliphatic heterocycles. The molecule has 0 radical (unpaired) electrons. The minimum absolute atomic E-state index is 0.0343. The number of hydrogen-bond donors (Lipinski definition) is 2. The summed E-state index contributed by atoms with van der Waals surface area (Å²) in [5, 5.41) is 21.4. The molecule has 4 fully saturated rings. The summed E-state index contributed by atoms with van der Waals surface area (Å²) >= 11 is 0. The molecule has 23 heavy (non-hydrogen) atoms. The molecule has 0 heterocycles. The van der Waals surface area contributed by atoms with E-state index in [-0.39, 0.29) is 23.5 Å². The fraction of sp³-hybridized carbons (Fsp3) is 0.895. The summed E-state index contributed by atoms with van der Waals surface area (Å²) < 4.78 is 0. The Morgan fingerprint density at radius 2 is 1.83 bits per heavy atom. The third-order valence-corrected chi connectivity index (χ3v) is 8.29. The van der Waals surface area contributed by atoms with Gasteiger partial charge in [0.1, 0.15) is 11.6 Å². The van der Waals surface area contributed by atoms with E-state index in [4.69, 9.17) is 0 Å².